The number of likely N-dealkylation sites (tertiary alicyclic amines) is 1. The maximum Gasteiger partial charge on any atom is 0.310 e. The first-order chi connectivity index (χ1) is 5.54. The van der Waals surface area contributed by atoms with E-state index in [2.05, 4.69) is 4.90 Å². The van der Waals surface area contributed by atoms with Gasteiger partial charge in [-0.1, -0.05) is 6.42 Å². The van der Waals surface area contributed by atoms with Gasteiger partial charge in [0.25, 0.3) is 0 Å². The van der Waals surface area contributed by atoms with Gasteiger partial charge in [0.15, 0.2) is 0 Å². The highest BCUT2D eigenvalue weighted by Gasteiger charge is 2.35. The SMILES string of the molecule is CN1CCCCC(C)(C(=O)O)C1. The Balaban J connectivity index is 2.67. The summed E-state index contributed by atoms with van der Waals surface area (Å²) >= 11 is 0. The van der Waals surface area contributed by atoms with E-state index < -0.39 is 11.4 Å². The van der Waals surface area contributed by atoms with Crippen LogP contribution in [0.1, 0.15) is 26.2 Å². The first-order valence-corrected chi connectivity index (χ1v) is 4.46. The molecule has 0 bridgehead atoms. The molecule has 0 aromatic carbocycles. The molecule has 1 rings (SSSR count). The van der Waals surface area contributed by atoms with Crippen LogP contribution in [0.2, 0.25) is 0 Å². The van der Waals surface area contributed by atoms with Crippen molar-refractivity contribution in [2.45, 2.75) is 26.2 Å². The molecule has 3 heteroatoms. The fraction of sp³-hybridized carbons (Fsp3) is 0.889. The normalized spacial score (nSPS) is 32.8. The van der Waals surface area contributed by atoms with Crippen molar-refractivity contribution in [3.8, 4) is 0 Å². The molecule has 0 aromatic rings. The number of rotatable bonds is 1. The van der Waals surface area contributed by atoms with Crippen LogP contribution in [-0.4, -0.2) is 36.1 Å². The van der Waals surface area contributed by atoms with Gasteiger partial charge in [-0.15, -0.1) is 0 Å². The Morgan fingerprint density at radius 3 is 2.75 bits per heavy atom. The van der Waals surface area contributed by atoms with Crippen molar-refractivity contribution < 1.29 is 9.90 Å². The minimum atomic E-state index is -0.656. The molecule has 0 amide bonds. The minimum Gasteiger partial charge on any atom is -0.481 e. The van der Waals surface area contributed by atoms with Crippen LogP contribution in [0.3, 0.4) is 0 Å². The third kappa shape index (κ3) is 1.97. The molecule has 0 radical (unpaired) electrons. The van der Waals surface area contributed by atoms with E-state index >= 15 is 0 Å². The van der Waals surface area contributed by atoms with Crippen molar-refractivity contribution in [2.24, 2.45) is 5.41 Å². The monoisotopic (exact) mass is 171 g/mol. The molecule has 1 unspecified atom stereocenters. The summed E-state index contributed by atoms with van der Waals surface area (Å²) in [7, 11) is 1.99. The number of carbonyl (C=O) groups is 1. The molecule has 0 saturated carbocycles. The van der Waals surface area contributed by atoms with Crippen molar-refractivity contribution in [1.82, 2.24) is 4.90 Å². The van der Waals surface area contributed by atoms with Crippen molar-refractivity contribution in [2.75, 3.05) is 20.1 Å². The van der Waals surface area contributed by atoms with Crippen molar-refractivity contribution in [3.63, 3.8) is 0 Å². The van der Waals surface area contributed by atoms with Crippen LogP contribution in [-0.2, 0) is 4.79 Å². The van der Waals surface area contributed by atoms with Crippen LogP contribution < -0.4 is 0 Å². The Labute approximate surface area is 73.4 Å². The number of nitrogens with zero attached hydrogens (tertiary/aromatic N) is 1. The average Bonchev–Trinajstić information content (AvgIpc) is 2.12. The van der Waals surface area contributed by atoms with Gasteiger partial charge in [-0.2, -0.15) is 0 Å². The topological polar surface area (TPSA) is 40.5 Å². The lowest BCUT2D eigenvalue weighted by Crippen LogP contribution is -2.37. The third-order valence-electron chi connectivity index (χ3n) is 2.65. The standard InChI is InChI=1S/C9H17NO2/c1-9(8(11)12)5-3-4-6-10(2)7-9/h3-7H2,1-2H3,(H,11,12). The zero-order valence-corrected chi connectivity index (χ0v) is 7.84. The van der Waals surface area contributed by atoms with E-state index in [-0.39, 0.29) is 0 Å². The van der Waals surface area contributed by atoms with Crippen LogP contribution in [0.5, 0.6) is 0 Å². The third-order valence-corrected chi connectivity index (χ3v) is 2.65. The second-order valence-corrected chi connectivity index (χ2v) is 4.06. The van der Waals surface area contributed by atoms with Gasteiger partial charge in [-0.3, -0.25) is 4.79 Å². The van der Waals surface area contributed by atoms with E-state index in [0.717, 1.165) is 25.8 Å². The van der Waals surface area contributed by atoms with Crippen molar-refractivity contribution >= 4 is 5.97 Å². The fourth-order valence-electron chi connectivity index (χ4n) is 1.83. The first-order valence-electron chi connectivity index (χ1n) is 4.46. The smallest absolute Gasteiger partial charge is 0.310 e. The van der Waals surface area contributed by atoms with Crippen LogP contribution in [0.25, 0.3) is 0 Å². The number of aliphatic carboxylic acids is 1. The Morgan fingerprint density at radius 2 is 2.17 bits per heavy atom. The lowest BCUT2D eigenvalue weighted by Gasteiger charge is -2.26. The highest BCUT2D eigenvalue weighted by atomic mass is 16.4. The number of carboxylic acid groups (broad SMARTS) is 1. The van der Waals surface area contributed by atoms with Crippen LogP contribution in [0, 0.1) is 5.41 Å². The molecule has 1 atom stereocenters. The molecule has 70 valence electrons. The summed E-state index contributed by atoms with van der Waals surface area (Å²) in [5.74, 6) is -0.656. The molecule has 1 fully saturated rings. The summed E-state index contributed by atoms with van der Waals surface area (Å²) in [4.78, 5) is 13.1. The van der Waals surface area contributed by atoms with Crippen LogP contribution >= 0.6 is 0 Å². The van der Waals surface area contributed by atoms with E-state index in [0.29, 0.717) is 6.54 Å². The predicted octanol–water partition coefficient (Wildman–Crippen LogP) is 1.19. The zero-order valence-electron chi connectivity index (χ0n) is 7.84. The molecule has 0 aromatic heterocycles. The first kappa shape index (κ1) is 9.52. The molecule has 12 heavy (non-hydrogen) atoms. The summed E-state index contributed by atoms with van der Waals surface area (Å²) in [5.41, 5.74) is -0.523. The lowest BCUT2D eigenvalue weighted by molar-refractivity contribution is -0.149. The molecule has 1 heterocycles. The Kier molecular flexibility index (Phi) is 2.73. The summed E-state index contributed by atoms with van der Waals surface area (Å²) in [6, 6.07) is 0. The molecular weight excluding hydrogens is 154 g/mol. The van der Waals surface area contributed by atoms with E-state index in [1.54, 1.807) is 0 Å². The fourth-order valence-corrected chi connectivity index (χ4v) is 1.83. The van der Waals surface area contributed by atoms with Gasteiger partial charge in [-0.05, 0) is 33.4 Å². The maximum atomic E-state index is 10.9. The minimum absolute atomic E-state index is 0.523. The van der Waals surface area contributed by atoms with Crippen LogP contribution in [0.4, 0.5) is 0 Å². The van der Waals surface area contributed by atoms with Gasteiger partial charge >= 0.3 is 5.97 Å². The predicted molar refractivity (Wildman–Crippen MR) is 47.1 cm³/mol. The summed E-state index contributed by atoms with van der Waals surface area (Å²) in [5, 5.41) is 9.01. The molecule has 0 aliphatic carbocycles. The van der Waals surface area contributed by atoms with E-state index in [1.165, 1.54) is 0 Å². The number of carboxylic acids is 1. The van der Waals surface area contributed by atoms with Gasteiger partial charge in [0.1, 0.15) is 0 Å². The zero-order chi connectivity index (χ0) is 9.19. The molecule has 1 aliphatic heterocycles. The van der Waals surface area contributed by atoms with Gasteiger partial charge < -0.3 is 10.0 Å². The number of hydrogen-bond donors (Lipinski definition) is 1. The average molecular weight is 171 g/mol. The summed E-state index contributed by atoms with van der Waals surface area (Å²) in [6.07, 6.45) is 2.97. The molecule has 1 aliphatic rings. The van der Waals surface area contributed by atoms with E-state index in [9.17, 15) is 4.79 Å². The van der Waals surface area contributed by atoms with Crippen LogP contribution in [0.15, 0.2) is 0 Å². The Hall–Kier alpha value is -0.570. The molecule has 1 N–H and O–H groups in total. The van der Waals surface area contributed by atoms with Crippen molar-refractivity contribution in [3.05, 3.63) is 0 Å². The summed E-state index contributed by atoms with van der Waals surface area (Å²) < 4.78 is 0. The van der Waals surface area contributed by atoms with Gasteiger partial charge in [0.05, 0.1) is 5.41 Å². The van der Waals surface area contributed by atoms with E-state index in [1.807, 2.05) is 14.0 Å². The van der Waals surface area contributed by atoms with E-state index in [4.69, 9.17) is 5.11 Å². The second kappa shape index (κ2) is 3.44. The Morgan fingerprint density at radius 1 is 1.50 bits per heavy atom. The molecule has 3 nitrogen and oxygen atoms in total. The maximum absolute atomic E-state index is 10.9. The number of hydrogen-bond acceptors (Lipinski definition) is 2. The Bertz CT molecular complexity index is 181. The van der Waals surface area contributed by atoms with Gasteiger partial charge in [0.2, 0.25) is 0 Å². The lowest BCUT2D eigenvalue weighted by atomic mass is 9.86. The largest absolute Gasteiger partial charge is 0.481 e. The van der Waals surface area contributed by atoms with Gasteiger partial charge in [-0.25, -0.2) is 0 Å². The second-order valence-electron chi connectivity index (χ2n) is 4.06. The van der Waals surface area contributed by atoms with Crippen molar-refractivity contribution in [1.29, 1.82) is 0 Å². The molecule has 1 saturated heterocycles. The molecular formula is C9H17NO2. The quantitative estimate of drug-likeness (QED) is 0.644. The highest BCUT2D eigenvalue weighted by Crippen LogP contribution is 2.28. The summed E-state index contributed by atoms with van der Waals surface area (Å²) in [6.45, 7) is 3.56. The highest BCUT2D eigenvalue weighted by molar-refractivity contribution is 5.74. The molecule has 0 spiro atoms. The van der Waals surface area contributed by atoms with Gasteiger partial charge in [0, 0.05) is 6.54 Å².